The van der Waals surface area contributed by atoms with Crippen LogP contribution in [0.15, 0.2) is 34.5 Å². The lowest BCUT2D eigenvalue weighted by molar-refractivity contribution is -0.115. The van der Waals surface area contributed by atoms with E-state index in [4.69, 9.17) is 0 Å². The van der Waals surface area contributed by atoms with Gasteiger partial charge in [-0.05, 0) is 30.4 Å². The fourth-order valence-electron chi connectivity index (χ4n) is 2.94. The number of fused-ring (bicyclic) bond motifs is 1. The Labute approximate surface area is 161 Å². The Morgan fingerprint density at radius 2 is 1.93 bits per heavy atom. The standard InChI is InChI=1S/C19H23N5O2S/c1-4-11-8-7-9-12(5-2)14(11)22-17(25)13(6-3)27-19-23-16-15(18(26)24-19)20-10-21-16/h7-10,13H,4-6H2,1-3H3,(H,22,25)(H2,20,21,23,24,26). The van der Waals surface area contributed by atoms with Crippen molar-refractivity contribution in [1.29, 1.82) is 0 Å². The number of anilines is 1. The Morgan fingerprint density at radius 1 is 1.22 bits per heavy atom. The van der Waals surface area contributed by atoms with Gasteiger partial charge in [-0.1, -0.05) is 50.7 Å². The molecule has 1 unspecified atom stereocenters. The molecule has 0 saturated carbocycles. The van der Waals surface area contributed by atoms with Gasteiger partial charge in [0.05, 0.1) is 11.6 Å². The Morgan fingerprint density at radius 3 is 2.56 bits per heavy atom. The van der Waals surface area contributed by atoms with Crippen LogP contribution in [0, 0.1) is 0 Å². The van der Waals surface area contributed by atoms with Crippen molar-refractivity contribution in [2.24, 2.45) is 0 Å². The van der Waals surface area contributed by atoms with Crippen molar-refractivity contribution in [1.82, 2.24) is 19.9 Å². The van der Waals surface area contributed by atoms with E-state index in [0.717, 1.165) is 29.7 Å². The molecule has 0 spiro atoms. The Bertz CT molecular complexity index is 988. The van der Waals surface area contributed by atoms with E-state index in [1.54, 1.807) is 0 Å². The van der Waals surface area contributed by atoms with Gasteiger partial charge in [-0.3, -0.25) is 14.6 Å². The molecule has 1 aromatic carbocycles. The first-order valence-electron chi connectivity index (χ1n) is 9.09. The highest BCUT2D eigenvalue weighted by atomic mass is 32.2. The van der Waals surface area contributed by atoms with Gasteiger partial charge < -0.3 is 10.3 Å². The number of imidazole rings is 1. The van der Waals surface area contributed by atoms with Gasteiger partial charge in [0.15, 0.2) is 16.3 Å². The molecule has 7 nitrogen and oxygen atoms in total. The van der Waals surface area contributed by atoms with Gasteiger partial charge >= 0.3 is 0 Å². The number of carbonyl (C=O) groups excluding carboxylic acids is 1. The number of para-hydroxylation sites is 1. The molecule has 3 rings (SSSR count). The third kappa shape index (κ3) is 4.05. The smallest absolute Gasteiger partial charge is 0.277 e. The molecule has 142 valence electrons. The summed E-state index contributed by atoms with van der Waals surface area (Å²) in [5.41, 5.74) is 3.53. The number of amides is 1. The summed E-state index contributed by atoms with van der Waals surface area (Å²) >= 11 is 1.24. The van der Waals surface area contributed by atoms with E-state index in [1.165, 1.54) is 18.1 Å². The van der Waals surface area contributed by atoms with Crippen molar-refractivity contribution >= 4 is 34.5 Å². The second kappa shape index (κ2) is 8.39. The highest BCUT2D eigenvalue weighted by Crippen LogP contribution is 2.27. The van der Waals surface area contributed by atoms with Crippen LogP contribution < -0.4 is 10.9 Å². The lowest BCUT2D eigenvalue weighted by Gasteiger charge is -2.18. The molecule has 2 aromatic heterocycles. The zero-order chi connectivity index (χ0) is 19.4. The topological polar surface area (TPSA) is 104 Å². The lowest BCUT2D eigenvalue weighted by Crippen LogP contribution is -2.26. The maximum atomic E-state index is 12.9. The van der Waals surface area contributed by atoms with Crippen molar-refractivity contribution in [3.05, 3.63) is 46.0 Å². The van der Waals surface area contributed by atoms with Crippen LogP contribution in [0.3, 0.4) is 0 Å². The quantitative estimate of drug-likeness (QED) is 0.428. The van der Waals surface area contributed by atoms with Gasteiger partial charge in [-0.2, -0.15) is 0 Å². The summed E-state index contributed by atoms with van der Waals surface area (Å²) in [6.07, 6.45) is 3.73. The van der Waals surface area contributed by atoms with E-state index in [0.29, 0.717) is 22.7 Å². The molecule has 3 aromatic rings. The lowest BCUT2D eigenvalue weighted by atomic mass is 10.0. The van der Waals surface area contributed by atoms with Gasteiger partial charge in [0, 0.05) is 5.69 Å². The number of rotatable bonds is 7. The number of H-pyrrole nitrogens is 2. The molecular formula is C19H23N5O2S. The first-order chi connectivity index (χ1) is 13.1. The Balaban J connectivity index is 1.83. The van der Waals surface area contributed by atoms with Crippen molar-refractivity contribution in [2.45, 2.75) is 50.4 Å². The number of aryl methyl sites for hydroxylation is 2. The van der Waals surface area contributed by atoms with E-state index in [9.17, 15) is 9.59 Å². The summed E-state index contributed by atoms with van der Waals surface area (Å²) in [6.45, 7) is 6.09. The summed E-state index contributed by atoms with van der Waals surface area (Å²) < 4.78 is 0. The molecule has 0 aliphatic heterocycles. The normalized spacial score (nSPS) is 12.3. The van der Waals surface area contributed by atoms with Crippen molar-refractivity contribution in [3.63, 3.8) is 0 Å². The Hall–Kier alpha value is -2.61. The molecule has 3 N–H and O–H groups in total. The molecule has 0 saturated heterocycles. The highest BCUT2D eigenvalue weighted by Gasteiger charge is 2.21. The molecule has 2 heterocycles. The monoisotopic (exact) mass is 385 g/mol. The highest BCUT2D eigenvalue weighted by molar-refractivity contribution is 8.00. The number of benzene rings is 1. The predicted octanol–water partition coefficient (Wildman–Crippen LogP) is 3.28. The van der Waals surface area contributed by atoms with Crippen LogP contribution >= 0.6 is 11.8 Å². The predicted molar refractivity (Wildman–Crippen MR) is 108 cm³/mol. The second-order valence-electron chi connectivity index (χ2n) is 6.13. The number of carbonyl (C=O) groups is 1. The number of hydrogen-bond acceptors (Lipinski definition) is 5. The van der Waals surface area contributed by atoms with Gasteiger partial charge in [-0.25, -0.2) is 9.97 Å². The summed E-state index contributed by atoms with van der Waals surface area (Å²) in [7, 11) is 0. The first kappa shape index (κ1) is 19.2. The zero-order valence-electron chi connectivity index (χ0n) is 15.6. The van der Waals surface area contributed by atoms with Crippen LogP contribution in [0.25, 0.3) is 11.2 Å². The summed E-state index contributed by atoms with van der Waals surface area (Å²) in [6, 6.07) is 6.09. The second-order valence-corrected chi connectivity index (χ2v) is 7.33. The largest absolute Gasteiger partial charge is 0.339 e. The van der Waals surface area contributed by atoms with E-state index in [2.05, 4.69) is 39.1 Å². The van der Waals surface area contributed by atoms with E-state index in [1.807, 2.05) is 25.1 Å². The maximum Gasteiger partial charge on any atom is 0.277 e. The van der Waals surface area contributed by atoms with Crippen LogP contribution in [0.1, 0.15) is 38.3 Å². The molecular weight excluding hydrogens is 362 g/mol. The number of nitrogens with one attached hydrogen (secondary N) is 3. The first-order valence-corrected chi connectivity index (χ1v) is 9.96. The maximum absolute atomic E-state index is 12.9. The average molecular weight is 385 g/mol. The summed E-state index contributed by atoms with van der Waals surface area (Å²) in [4.78, 5) is 38.8. The molecule has 1 atom stereocenters. The van der Waals surface area contributed by atoms with Gasteiger partial charge in [0.2, 0.25) is 5.91 Å². The van der Waals surface area contributed by atoms with Crippen molar-refractivity contribution < 1.29 is 4.79 Å². The molecule has 0 aliphatic rings. The number of aromatic nitrogens is 4. The van der Waals surface area contributed by atoms with Crippen LogP contribution in [-0.4, -0.2) is 31.1 Å². The molecule has 1 amide bonds. The number of aromatic amines is 2. The zero-order valence-corrected chi connectivity index (χ0v) is 16.4. The fourth-order valence-corrected chi connectivity index (χ4v) is 3.84. The van der Waals surface area contributed by atoms with E-state index < -0.39 is 0 Å². The molecule has 8 heteroatoms. The van der Waals surface area contributed by atoms with Gasteiger partial charge in [0.1, 0.15) is 0 Å². The SMILES string of the molecule is CCc1cccc(CC)c1NC(=O)C(CC)Sc1nc2nc[nH]c2c(=O)[nH]1. The summed E-state index contributed by atoms with van der Waals surface area (Å²) in [5.74, 6) is -0.0946. The minimum absolute atomic E-state index is 0.0946. The molecule has 27 heavy (non-hydrogen) atoms. The van der Waals surface area contributed by atoms with E-state index >= 15 is 0 Å². The van der Waals surface area contributed by atoms with Crippen molar-refractivity contribution in [3.8, 4) is 0 Å². The fraction of sp³-hybridized carbons (Fsp3) is 0.368. The minimum atomic E-state index is -0.376. The average Bonchev–Trinajstić information content (AvgIpc) is 3.15. The Kier molecular flexibility index (Phi) is 5.95. The van der Waals surface area contributed by atoms with Crippen LogP contribution in [0.2, 0.25) is 0 Å². The third-order valence-electron chi connectivity index (χ3n) is 4.44. The third-order valence-corrected chi connectivity index (χ3v) is 5.69. The van der Waals surface area contributed by atoms with Crippen molar-refractivity contribution in [2.75, 3.05) is 5.32 Å². The molecule has 0 bridgehead atoms. The van der Waals surface area contributed by atoms with Crippen LogP contribution in [-0.2, 0) is 17.6 Å². The summed E-state index contributed by atoms with van der Waals surface area (Å²) in [5, 5.41) is 3.11. The van der Waals surface area contributed by atoms with E-state index in [-0.39, 0.29) is 16.7 Å². The molecule has 0 aliphatic carbocycles. The van der Waals surface area contributed by atoms with Gasteiger partial charge in [-0.15, -0.1) is 0 Å². The number of hydrogen-bond donors (Lipinski definition) is 3. The van der Waals surface area contributed by atoms with Crippen LogP contribution in [0.4, 0.5) is 5.69 Å². The molecule has 0 radical (unpaired) electrons. The molecule has 0 fully saturated rings. The van der Waals surface area contributed by atoms with Crippen LogP contribution in [0.5, 0.6) is 0 Å². The van der Waals surface area contributed by atoms with Gasteiger partial charge in [0.25, 0.3) is 5.56 Å². The number of thioether (sulfide) groups is 1. The number of nitrogens with zero attached hydrogens (tertiary/aromatic N) is 2. The minimum Gasteiger partial charge on any atom is -0.339 e.